The van der Waals surface area contributed by atoms with Crippen LogP contribution in [0, 0.1) is 19.8 Å². The summed E-state index contributed by atoms with van der Waals surface area (Å²) >= 11 is 0. The topological polar surface area (TPSA) is 51.3 Å². The van der Waals surface area contributed by atoms with Gasteiger partial charge >= 0.3 is 0 Å². The van der Waals surface area contributed by atoms with Crippen molar-refractivity contribution in [3.05, 3.63) is 41.6 Å². The average molecular weight is 327 g/mol. The highest BCUT2D eigenvalue weighted by Gasteiger charge is 2.48. The van der Waals surface area contributed by atoms with Crippen LogP contribution in [0.15, 0.2) is 28.9 Å². The van der Waals surface area contributed by atoms with Crippen LogP contribution in [0.5, 0.6) is 0 Å². The van der Waals surface area contributed by atoms with E-state index in [4.69, 9.17) is 4.42 Å². The van der Waals surface area contributed by atoms with Crippen molar-refractivity contribution in [2.45, 2.75) is 58.0 Å². The molecule has 128 valence electrons. The molecule has 3 atom stereocenters. The number of nitrogens with zero attached hydrogens (tertiary/aromatic N) is 3. The Morgan fingerprint density at radius 2 is 2.25 bits per heavy atom. The van der Waals surface area contributed by atoms with Crippen LogP contribution in [0.25, 0.3) is 0 Å². The van der Waals surface area contributed by atoms with Gasteiger partial charge in [-0.2, -0.15) is 5.10 Å². The molecule has 24 heavy (non-hydrogen) atoms. The SMILES string of the molecule is Cc1cc(C)n(C[C@@H]2CCCCN2C(=O)[C@H]2C[C@@H]2c2ccco2)n1. The van der Waals surface area contributed by atoms with E-state index in [-0.39, 0.29) is 17.9 Å². The second-order valence-electron chi connectivity index (χ2n) is 7.25. The van der Waals surface area contributed by atoms with E-state index in [1.54, 1.807) is 6.26 Å². The third-order valence-corrected chi connectivity index (χ3v) is 5.41. The van der Waals surface area contributed by atoms with Crippen LogP contribution in [0.1, 0.15) is 48.7 Å². The monoisotopic (exact) mass is 327 g/mol. The van der Waals surface area contributed by atoms with Crippen LogP contribution >= 0.6 is 0 Å². The molecule has 2 aliphatic rings. The van der Waals surface area contributed by atoms with Crippen molar-refractivity contribution in [2.75, 3.05) is 6.54 Å². The Morgan fingerprint density at radius 3 is 2.96 bits per heavy atom. The highest BCUT2D eigenvalue weighted by molar-refractivity contribution is 5.83. The van der Waals surface area contributed by atoms with Gasteiger partial charge in [-0.05, 0) is 57.7 Å². The van der Waals surface area contributed by atoms with Gasteiger partial charge in [-0.25, -0.2) is 0 Å². The quantitative estimate of drug-likeness (QED) is 0.866. The fourth-order valence-corrected chi connectivity index (χ4v) is 4.04. The van der Waals surface area contributed by atoms with E-state index in [9.17, 15) is 4.79 Å². The van der Waals surface area contributed by atoms with E-state index in [1.807, 2.05) is 19.1 Å². The van der Waals surface area contributed by atoms with Crippen LogP contribution in [0.3, 0.4) is 0 Å². The summed E-state index contributed by atoms with van der Waals surface area (Å²) in [5.41, 5.74) is 2.21. The molecular formula is C19H25N3O2. The standard InChI is InChI=1S/C19H25N3O2/c1-13-10-14(2)22(20-13)12-15-6-3-4-8-21(15)19(23)17-11-16(17)18-7-5-9-24-18/h5,7,9-10,15-17H,3-4,6,8,11-12H2,1-2H3/t15-,16-,17-/m0/s1. The minimum atomic E-state index is 0.109. The second kappa shape index (κ2) is 6.11. The van der Waals surface area contributed by atoms with Gasteiger partial charge in [-0.1, -0.05) is 0 Å². The highest BCUT2D eigenvalue weighted by Crippen LogP contribution is 2.49. The van der Waals surface area contributed by atoms with Crippen molar-refractivity contribution >= 4 is 5.91 Å². The van der Waals surface area contributed by atoms with Crippen molar-refractivity contribution < 1.29 is 9.21 Å². The lowest BCUT2D eigenvalue weighted by atomic mass is 10.0. The number of aromatic nitrogens is 2. The average Bonchev–Trinajstić information content (AvgIpc) is 3.04. The molecular weight excluding hydrogens is 302 g/mol. The molecule has 0 spiro atoms. The summed E-state index contributed by atoms with van der Waals surface area (Å²) in [7, 11) is 0. The van der Waals surface area contributed by atoms with E-state index in [2.05, 4.69) is 27.7 Å². The molecule has 0 bridgehead atoms. The first-order chi connectivity index (χ1) is 11.6. The lowest BCUT2D eigenvalue weighted by Gasteiger charge is -2.36. The maximum Gasteiger partial charge on any atom is 0.226 e. The van der Waals surface area contributed by atoms with Crippen molar-refractivity contribution in [3.63, 3.8) is 0 Å². The van der Waals surface area contributed by atoms with Crippen molar-refractivity contribution in [1.82, 2.24) is 14.7 Å². The molecule has 0 N–H and O–H groups in total. The van der Waals surface area contributed by atoms with Gasteiger partial charge < -0.3 is 9.32 Å². The van der Waals surface area contributed by atoms with Crippen LogP contribution in [-0.2, 0) is 11.3 Å². The molecule has 2 aromatic rings. The smallest absolute Gasteiger partial charge is 0.226 e. The molecule has 1 saturated heterocycles. The predicted octanol–water partition coefficient (Wildman–Crippen LogP) is 3.28. The lowest BCUT2D eigenvalue weighted by Crippen LogP contribution is -2.47. The van der Waals surface area contributed by atoms with Crippen LogP contribution in [0.4, 0.5) is 0 Å². The third-order valence-electron chi connectivity index (χ3n) is 5.41. The largest absolute Gasteiger partial charge is 0.469 e. The molecule has 1 aliphatic heterocycles. The van der Waals surface area contributed by atoms with Gasteiger partial charge in [-0.3, -0.25) is 9.48 Å². The number of hydrogen-bond donors (Lipinski definition) is 0. The molecule has 0 unspecified atom stereocenters. The van der Waals surface area contributed by atoms with Gasteiger partial charge in [0.2, 0.25) is 5.91 Å². The number of hydrogen-bond acceptors (Lipinski definition) is 3. The van der Waals surface area contributed by atoms with E-state index < -0.39 is 0 Å². The number of rotatable bonds is 4. The van der Waals surface area contributed by atoms with E-state index in [0.29, 0.717) is 5.91 Å². The summed E-state index contributed by atoms with van der Waals surface area (Å²) in [6, 6.07) is 6.26. The molecule has 4 rings (SSSR count). The predicted molar refractivity (Wildman–Crippen MR) is 90.6 cm³/mol. The fraction of sp³-hybridized carbons (Fsp3) is 0.579. The molecule has 3 heterocycles. The number of aryl methyl sites for hydroxylation is 2. The first kappa shape index (κ1) is 15.5. The van der Waals surface area contributed by atoms with E-state index in [0.717, 1.165) is 43.8 Å². The number of carbonyl (C=O) groups excluding carboxylic acids is 1. The zero-order valence-electron chi connectivity index (χ0n) is 14.4. The van der Waals surface area contributed by atoms with Crippen LogP contribution in [0.2, 0.25) is 0 Å². The van der Waals surface area contributed by atoms with Crippen LogP contribution < -0.4 is 0 Å². The van der Waals surface area contributed by atoms with Gasteiger partial charge in [-0.15, -0.1) is 0 Å². The number of carbonyl (C=O) groups is 1. The number of amides is 1. The molecule has 1 saturated carbocycles. The first-order valence-corrected chi connectivity index (χ1v) is 8.98. The van der Waals surface area contributed by atoms with Crippen molar-refractivity contribution in [3.8, 4) is 0 Å². The molecule has 5 nitrogen and oxygen atoms in total. The Kier molecular flexibility index (Phi) is 3.94. The summed E-state index contributed by atoms with van der Waals surface area (Å²) in [5.74, 6) is 1.66. The fourth-order valence-electron chi connectivity index (χ4n) is 4.04. The highest BCUT2D eigenvalue weighted by atomic mass is 16.3. The summed E-state index contributed by atoms with van der Waals surface area (Å²) in [4.78, 5) is 15.1. The van der Waals surface area contributed by atoms with E-state index in [1.165, 1.54) is 12.1 Å². The zero-order chi connectivity index (χ0) is 16.7. The molecule has 1 amide bonds. The lowest BCUT2D eigenvalue weighted by molar-refractivity contribution is -0.136. The summed E-state index contributed by atoms with van der Waals surface area (Å²) < 4.78 is 7.54. The molecule has 2 aromatic heterocycles. The number of furan rings is 1. The zero-order valence-corrected chi connectivity index (χ0v) is 14.4. The Bertz CT molecular complexity index is 719. The Balaban J connectivity index is 1.46. The maximum atomic E-state index is 13.0. The second-order valence-corrected chi connectivity index (χ2v) is 7.25. The molecule has 0 radical (unpaired) electrons. The minimum absolute atomic E-state index is 0.109. The summed E-state index contributed by atoms with van der Waals surface area (Å²) in [6.45, 7) is 5.79. The van der Waals surface area contributed by atoms with Crippen LogP contribution in [-0.4, -0.2) is 33.2 Å². The van der Waals surface area contributed by atoms with Gasteiger partial charge in [0, 0.05) is 24.1 Å². The molecule has 1 aliphatic carbocycles. The minimum Gasteiger partial charge on any atom is -0.469 e. The normalized spacial score (nSPS) is 26.6. The van der Waals surface area contributed by atoms with Gasteiger partial charge in [0.25, 0.3) is 0 Å². The Morgan fingerprint density at radius 1 is 1.38 bits per heavy atom. The molecule has 2 fully saturated rings. The van der Waals surface area contributed by atoms with Crippen molar-refractivity contribution in [1.29, 1.82) is 0 Å². The Labute approximate surface area is 142 Å². The number of piperidine rings is 1. The third kappa shape index (κ3) is 2.87. The van der Waals surface area contributed by atoms with Gasteiger partial charge in [0.1, 0.15) is 5.76 Å². The molecule has 5 heteroatoms. The first-order valence-electron chi connectivity index (χ1n) is 8.98. The Hall–Kier alpha value is -2.04. The van der Waals surface area contributed by atoms with Gasteiger partial charge in [0.05, 0.1) is 24.5 Å². The van der Waals surface area contributed by atoms with Gasteiger partial charge in [0.15, 0.2) is 0 Å². The summed E-state index contributed by atoms with van der Waals surface area (Å²) in [5, 5.41) is 4.58. The number of likely N-dealkylation sites (tertiary alicyclic amines) is 1. The van der Waals surface area contributed by atoms with Crippen molar-refractivity contribution in [2.24, 2.45) is 5.92 Å². The maximum absolute atomic E-state index is 13.0. The summed E-state index contributed by atoms with van der Waals surface area (Å²) in [6.07, 6.45) is 6.00. The van der Waals surface area contributed by atoms with E-state index >= 15 is 0 Å². The molecule has 0 aromatic carbocycles.